The summed E-state index contributed by atoms with van der Waals surface area (Å²) < 4.78 is 6.00. The van der Waals surface area contributed by atoms with Gasteiger partial charge in [0, 0.05) is 24.4 Å². The van der Waals surface area contributed by atoms with E-state index in [1.165, 1.54) is 0 Å². The molecule has 0 amide bonds. The van der Waals surface area contributed by atoms with Crippen molar-refractivity contribution >= 4 is 40.3 Å². The monoisotopic (exact) mass is 561 g/mol. The number of halogens is 2. The van der Waals surface area contributed by atoms with Crippen molar-refractivity contribution in [3.63, 3.8) is 0 Å². The van der Waals surface area contributed by atoms with Gasteiger partial charge in [0.05, 0.1) is 45.3 Å². The van der Waals surface area contributed by atoms with E-state index < -0.39 is 5.60 Å². The van der Waals surface area contributed by atoms with Crippen molar-refractivity contribution < 1.29 is 14.7 Å². The molecule has 0 saturated carbocycles. The number of rotatable bonds is 11. The van der Waals surface area contributed by atoms with E-state index in [2.05, 4.69) is 15.0 Å². The number of aryl methyl sites for hydroxylation is 1. The lowest BCUT2D eigenvalue weighted by atomic mass is 9.84. The van der Waals surface area contributed by atoms with E-state index in [1.807, 2.05) is 60.8 Å². The van der Waals surface area contributed by atoms with Crippen LogP contribution in [0.25, 0.3) is 0 Å². The van der Waals surface area contributed by atoms with Crippen LogP contribution in [0.3, 0.4) is 0 Å². The summed E-state index contributed by atoms with van der Waals surface area (Å²) in [5.74, 6) is -0.0678. The summed E-state index contributed by atoms with van der Waals surface area (Å²) in [5.41, 5.74) is 2.92. The zero-order valence-electron chi connectivity index (χ0n) is 21.2. The lowest BCUT2D eigenvalue weighted by Gasteiger charge is -2.39. The van der Waals surface area contributed by atoms with Gasteiger partial charge in [0.25, 0.3) is 0 Å². The molecule has 1 N–H and O–H groups in total. The second-order valence-electron chi connectivity index (χ2n) is 9.37. The average Bonchev–Trinajstić information content (AvgIpc) is 3.32. The van der Waals surface area contributed by atoms with Crippen molar-refractivity contribution in [2.75, 3.05) is 33.4 Å². The van der Waals surface area contributed by atoms with E-state index in [4.69, 9.17) is 32.8 Å². The molecule has 0 bridgehead atoms. The van der Waals surface area contributed by atoms with E-state index in [0.717, 1.165) is 53.6 Å². The van der Waals surface area contributed by atoms with Crippen LogP contribution in [0.2, 0.25) is 10.0 Å². The number of aromatic nitrogens is 1. The van der Waals surface area contributed by atoms with Gasteiger partial charge in [0.2, 0.25) is 0 Å². The van der Waals surface area contributed by atoms with Gasteiger partial charge in [-0.2, -0.15) is 0 Å². The summed E-state index contributed by atoms with van der Waals surface area (Å²) in [5, 5.41) is 19.6. The summed E-state index contributed by atoms with van der Waals surface area (Å²) in [6.45, 7) is 5.16. The Labute approximate surface area is 232 Å². The third kappa shape index (κ3) is 7.53. The van der Waals surface area contributed by atoms with E-state index in [0.29, 0.717) is 36.1 Å². The molecule has 2 heterocycles. The third-order valence-electron chi connectivity index (χ3n) is 6.85. The van der Waals surface area contributed by atoms with Crippen LogP contribution in [0.1, 0.15) is 47.0 Å². The largest absolute Gasteiger partial charge is 0.399 e. The molecule has 37 heavy (non-hydrogen) atoms. The lowest BCUT2D eigenvalue weighted by Crippen LogP contribution is -2.43. The Morgan fingerprint density at radius 1 is 1.16 bits per heavy atom. The highest BCUT2D eigenvalue weighted by molar-refractivity contribution is 7.09. The first-order chi connectivity index (χ1) is 17.9. The molecule has 1 aliphatic rings. The number of aliphatic hydroxyl groups is 1. The first-order valence-corrected chi connectivity index (χ1v) is 14.1. The van der Waals surface area contributed by atoms with Crippen LogP contribution >= 0.6 is 34.5 Å². The molecule has 2 aromatic carbocycles. The van der Waals surface area contributed by atoms with Crippen LogP contribution in [0.4, 0.5) is 0 Å². The fourth-order valence-electron chi connectivity index (χ4n) is 4.79. The molecular weight excluding hydrogens is 529 g/mol. The molecule has 1 aliphatic heterocycles. The first kappa shape index (κ1) is 28.0. The highest BCUT2D eigenvalue weighted by Crippen LogP contribution is 2.34. The number of ether oxygens (including phenoxy) is 1. The summed E-state index contributed by atoms with van der Waals surface area (Å²) in [6.07, 6.45) is 2.19. The minimum absolute atomic E-state index is 0.0678. The summed E-state index contributed by atoms with van der Waals surface area (Å²) in [6, 6.07) is 15.7. The topological polar surface area (TPSA) is 67.2 Å². The number of nitrogens with zero attached hydrogens (tertiary/aromatic N) is 3. The Hall–Kier alpha value is -2.00. The Balaban J connectivity index is 1.44. The molecule has 0 spiro atoms. The molecule has 4 rings (SSSR count). The van der Waals surface area contributed by atoms with Crippen LogP contribution in [0.15, 0.2) is 59.1 Å². The molecule has 1 aromatic heterocycles. The van der Waals surface area contributed by atoms with Crippen molar-refractivity contribution in [3.8, 4) is 0 Å². The van der Waals surface area contributed by atoms with Crippen molar-refractivity contribution in [1.29, 1.82) is 0 Å². The Kier molecular flexibility index (Phi) is 9.98. The maximum atomic E-state index is 11.2. The molecule has 1 atom stereocenters. The van der Waals surface area contributed by atoms with Crippen LogP contribution in [0.5, 0.6) is 0 Å². The van der Waals surface area contributed by atoms with Crippen LogP contribution in [0, 0.1) is 6.92 Å². The van der Waals surface area contributed by atoms with Gasteiger partial charge < -0.3 is 19.6 Å². The predicted octanol–water partition coefficient (Wildman–Crippen LogP) is 6.43. The number of hydrogen-bond acceptors (Lipinski definition) is 7. The van der Waals surface area contributed by atoms with Crippen molar-refractivity contribution in [2.45, 2.75) is 44.3 Å². The zero-order valence-corrected chi connectivity index (χ0v) is 23.5. The number of hydrogen-bond donors (Lipinski definition) is 1. The van der Waals surface area contributed by atoms with Gasteiger partial charge in [0.1, 0.15) is 7.11 Å². The maximum absolute atomic E-state index is 11.2. The number of oxime groups is 1. The summed E-state index contributed by atoms with van der Waals surface area (Å²) in [7, 11) is 1.55. The van der Waals surface area contributed by atoms with Crippen molar-refractivity contribution in [2.24, 2.45) is 5.16 Å². The number of benzene rings is 2. The number of likely N-dealkylation sites (tertiary alicyclic amines) is 1. The fourth-order valence-corrected chi connectivity index (χ4v) is 5.70. The Bertz CT molecular complexity index is 1180. The van der Waals surface area contributed by atoms with E-state index in [9.17, 15) is 5.11 Å². The summed E-state index contributed by atoms with van der Waals surface area (Å²) in [4.78, 5) is 12.1. The van der Waals surface area contributed by atoms with E-state index in [1.54, 1.807) is 18.4 Å². The molecular formula is C28H33Cl2N3O3S. The van der Waals surface area contributed by atoms with Gasteiger partial charge in [0.15, 0.2) is 0 Å². The van der Waals surface area contributed by atoms with E-state index >= 15 is 0 Å². The molecule has 1 saturated heterocycles. The molecule has 9 heteroatoms. The Morgan fingerprint density at radius 2 is 1.92 bits per heavy atom. The SMILES string of the molecule is CO/N=C(\COCc1csc(C)n1)C(CCN1CCC(O)(c2ccccc2)CC1)c1ccc(Cl)c(Cl)c1. The molecule has 6 nitrogen and oxygen atoms in total. The van der Waals surface area contributed by atoms with Crippen LogP contribution in [-0.4, -0.2) is 54.1 Å². The average molecular weight is 563 g/mol. The third-order valence-corrected chi connectivity index (χ3v) is 8.41. The second kappa shape index (κ2) is 13.2. The molecule has 3 aromatic rings. The number of piperidine rings is 1. The minimum atomic E-state index is -0.772. The molecule has 0 radical (unpaired) electrons. The smallest absolute Gasteiger partial charge is 0.106 e. The van der Waals surface area contributed by atoms with Gasteiger partial charge in [-0.3, -0.25) is 0 Å². The molecule has 0 aliphatic carbocycles. The Morgan fingerprint density at radius 3 is 2.57 bits per heavy atom. The van der Waals surface area contributed by atoms with Crippen molar-refractivity contribution in [1.82, 2.24) is 9.88 Å². The lowest BCUT2D eigenvalue weighted by molar-refractivity contribution is -0.0261. The fraction of sp³-hybridized carbons (Fsp3) is 0.429. The quantitative estimate of drug-likeness (QED) is 0.215. The van der Waals surface area contributed by atoms with Gasteiger partial charge >= 0.3 is 0 Å². The van der Waals surface area contributed by atoms with E-state index in [-0.39, 0.29) is 5.92 Å². The van der Waals surface area contributed by atoms with Gasteiger partial charge in [-0.1, -0.05) is 64.8 Å². The van der Waals surface area contributed by atoms with Crippen LogP contribution < -0.4 is 0 Å². The molecule has 198 valence electrons. The van der Waals surface area contributed by atoms with Crippen LogP contribution in [-0.2, 0) is 21.8 Å². The van der Waals surface area contributed by atoms with Crippen molar-refractivity contribution in [3.05, 3.63) is 85.8 Å². The minimum Gasteiger partial charge on any atom is -0.399 e. The van der Waals surface area contributed by atoms with Gasteiger partial charge in [-0.15, -0.1) is 11.3 Å². The standard InChI is InChI=1S/C28H33Cl2N3O3S/c1-20-31-23(19-37-20)17-36-18-27(32-35-2)24(21-8-9-25(29)26(30)16-21)10-13-33-14-11-28(34,12-15-33)22-6-4-3-5-7-22/h3-9,16,19,24,34H,10-15,17-18H2,1-2H3/b32-27+. The molecule has 1 unspecified atom stereocenters. The highest BCUT2D eigenvalue weighted by Gasteiger charge is 2.34. The normalized spacial score (nSPS) is 17.1. The van der Waals surface area contributed by atoms with Gasteiger partial charge in [-0.25, -0.2) is 4.98 Å². The second-order valence-corrected chi connectivity index (χ2v) is 11.2. The number of thiazole rings is 1. The maximum Gasteiger partial charge on any atom is 0.106 e. The zero-order chi connectivity index (χ0) is 26.3. The molecule has 1 fully saturated rings. The van der Waals surface area contributed by atoms with Gasteiger partial charge in [-0.05, 0) is 56.0 Å². The predicted molar refractivity (Wildman–Crippen MR) is 151 cm³/mol. The summed E-state index contributed by atoms with van der Waals surface area (Å²) >= 11 is 14.2. The first-order valence-electron chi connectivity index (χ1n) is 12.4. The highest BCUT2D eigenvalue weighted by atomic mass is 35.5.